The van der Waals surface area contributed by atoms with Crippen LogP contribution in [0.25, 0.3) is 21.3 Å². The highest BCUT2D eigenvalue weighted by molar-refractivity contribution is 8.01. The Labute approximate surface area is 294 Å². The molecule has 0 spiro atoms. The van der Waals surface area contributed by atoms with Crippen molar-refractivity contribution in [2.75, 3.05) is 5.75 Å². The van der Waals surface area contributed by atoms with Crippen LogP contribution in [0.15, 0.2) is 101 Å². The van der Waals surface area contributed by atoms with Gasteiger partial charge in [0.2, 0.25) is 5.91 Å². The Hall–Kier alpha value is -4.06. The summed E-state index contributed by atoms with van der Waals surface area (Å²) in [5.74, 6) is -0.0843. The lowest BCUT2D eigenvalue weighted by molar-refractivity contribution is -0.245. The molecule has 6 rings (SSSR count). The van der Waals surface area contributed by atoms with E-state index in [-0.39, 0.29) is 31.1 Å². The number of aliphatic hydroxyl groups excluding tert-OH is 1. The predicted octanol–water partition coefficient (Wildman–Crippen LogP) is 8.44. The van der Waals surface area contributed by atoms with Crippen molar-refractivity contribution in [3.63, 3.8) is 0 Å². The molecule has 1 fully saturated rings. The van der Waals surface area contributed by atoms with Gasteiger partial charge in [0, 0.05) is 37.1 Å². The summed E-state index contributed by atoms with van der Waals surface area (Å²) in [5.41, 5.74) is 6.96. The Balaban J connectivity index is 1.10. The van der Waals surface area contributed by atoms with E-state index in [0.29, 0.717) is 32.2 Å². The van der Waals surface area contributed by atoms with Crippen molar-refractivity contribution >= 4 is 45.2 Å². The largest absolute Gasteiger partial charge is 0.481 e. The number of benzene rings is 4. The van der Waals surface area contributed by atoms with Crippen LogP contribution >= 0.6 is 23.1 Å². The van der Waals surface area contributed by atoms with Crippen LogP contribution in [0.4, 0.5) is 0 Å². The van der Waals surface area contributed by atoms with Gasteiger partial charge in [0.25, 0.3) is 0 Å². The number of carboxylic acid groups (broad SMARTS) is 1. The van der Waals surface area contributed by atoms with Crippen molar-refractivity contribution < 1.29 is 29.3 Å². The maximum atomic E-state index is 12.3. The fraction of sp³-hybridized carbons (Fsp3) is 0.308. The van der Waals surface area contributed by atoms with E-state index in [2.05, 4.69) is 35.6 Å². The molecule has 0 saturated carbocycles. The number of thioether (sulfide) groups is 1. The number of aromatic nitrogens is 1. The second-order valence-electron chi connectivity index (χ2n) is 12.2. The zero-order valence-electron chi connectivity index (χ0n) is 27.1. The molecule has 5 aromatic rings. The maximum absolute atomic E-state index is 12.3. The zero-order valence-corrected chi connectivity index (χ0v) is 28.8. The number of amides is 1. The highest BCUT2D eigenvalue weighted by Gasteiger charge is 2.32. The molecule has 49 heavy (non-hydrogen) atoms. The van der Waals surface area contributed by atoms with E-state index in [0.717, 1.165) is 55.4 Å². The molecule has 0 bridgehead atoms. The first kappa shape index (κ1) is 34.8. The van der Waals surface area contributed by atoms with Crippen LogP contribution in [0.5, 0.6) is 0 Å². The molecule has 2 heterocycles. The second kappa shape index (κ2) is 17.0. The number of aliphatic hydroxyl groups is 1. The summed E-state index contributed by atoms with van der Waals surface area (Å²) in [7, 11) is 0. The molecule has 1 aromatic heterocycles. The minimum absolute atomic E-state index is 0.000442. The van der Waals surface area contributed by atoms with Gasteiger partial charge in [-0.15, -0.1) is 11.3 Å². The lowest BCUT2D eigenvalue weighted by Gasteiger charge is -2.36. The van der Waals surface area contributed by atoms with Gasteiger partial charge in [0.05, 0.1) is 29.0 Å². The number of carbonyl (C=O) groups is 2. The van der Waals surface area contributed by atoms with Crippen LogP contribution in [-0.2, 0) is 32.2 Å². The van der Waals surface area contributed by atoms with Crippen LogP contribution in [0.2, 0.25) is 0 Å². The number of nitrogens with one attached hydrogen (secondary N) is 1. The van der Waals surface area contributed by atoms with Gasteiger partial charge in [0.1, 0.15) is 0 Å². The number of hydrogen-bond donors (Lipinski definition) is 3. The van der Waals surface area contributed by atoms with Gasteiger partial charge < -0.3 is 25.0 Å². The Morgan fingerprint density at radius 3 is 2.39 bits per heavy atom. The Kier molecular flexibility index (Phi) is 12.1. The number of carboxylic acids is 1. The Bertz CT molecular complexity index is 1810. The third-order valence-corrected chi connectivity index (χ3v) is 10.8. The fourth-order valence-corrected chi connectivity index (χ4v) is 7.93. The van der Waals surface area contributed by atoms with Gasteiger partial charge in [-0.3, -0.25) is 9.59 Å². The molecule has 3 atom stereocenters. The molecular weight excluding hydrogens is 657 g/mol. The van der Waals surface area contributed by atoms with E-state index in [4.69, 9.17) is 19.6 Å². The van der Waals surface area contributed by atoms with E-state index >= 15 is 0 Å². The second-order valence-corrected chi connectivity index (χ2v) is 14.5. The van der Waals surface area contributed by atoms with E-state index in [1.165, 1.54) is 4.70 Å². The van der Waals surface area contributed by atoms with Gasteiger partial charge in [-0.2, -0.15) is 0 Å². The van der Waals surface area contributed by atoms with Crippen molar-refractivity contribution in [3.05, 3.63) is 119 Å². The van der Waals surface area contributed by atoms with Gasteiger partial charge in [-0.05, 0) is 58.9 Å². The average Bonchev–Trinajstić information content (AvgIpc) is 3.56. The molecule has 1 saturated heterocycles. The van der Waals surface area contributed by atoms with Crippen LogP contribution < -0.4 is 5.32 Å². The number of fused-ring (bicyclic) bond motifs is 1. The first-order valence-corrected chi connectivity index (χ1v) is 18.4. The van der Waals surface area contributed by atoms with Crippen LogP contribution in [0, 0.1) is 0 Å². The molecule has 1 amide bonds. The number of para-hydroxylation sites is 1. The molecule has 254 valence electrons. The summed E-state index contributed by atoms with van der Waals surface area (Å²) in [6.07, 6.45) is 2.47. The van der Waals surface area contributed by atoms with Gasteiger partial charge in [-0.25, -0.2) is 4.98 Å². The minimum Gasteiger partial charge on any atom is -0.481 e. The minimum atomic E-state index is -0.801. The number of thiazole rings is 1. The molecule has 8 nitrogen and oxygen atoms in total. The van der Waals surface area contributed by atoms with Gasteiger partial charge in [-0.1, -0.05) is 97.0 Å². The number of unbranched alkanes of at least 4 members (excludes halogenated alkanes) is 2. The number of ether oxygens (including phenoxy) is 2. The zero-order chi connectivity index (χ0) is 34.0. The van der Waals surface area contributed by atoms with Crippen molar-refractivity contribution in [1.82, 2.24) is 10.3 Å². The number of aliphatic carboxylic acids is 1. The van der Waals surface area contributed by atoms with Crippen molar-refractivity contribution in [2.45, 2.75) is 74.5 Å². The fourth-order valence-electron chi connectivity index (χ4n) is 5.82. The van der Waals surface area contributed by atoms with Crippen LogP contribution in [-0.4, -0.2) is 38.9 Å². The lowest BCUT2D eigenvalue weighted by atomic mass is 9.99. The molecule has 1 aliphatic rings. The summed E-state index contributed by atoms with van der Waals surface area (Å²) in [5, 5.41) is 21.3. The molecular formula is C39H40N2O6S2. The van der Waals surface area contributed by atoms with Gasteiger partial charge in [0.15, 0.2) is 10.6 Å². The summed E-state index contributed by atoms with van der Waals surface area (Å²) in [6, 6.07) is 32.5. The summed E-state index contributed by atoms with van der Waals surface area (Å²) < 4.78 is 15.3. The van der Waals surface area contributed by atoms with Crippen molar-refractivity contribution in [3.8, 4) is 11.1 Å². The van der Waals surface area contributed by atoms with E-state index in [1.54, 1.807) is 23.1 Å². The van der Waals surface area contributed by atoms with Crippen LogP contribution in [0.1, 0.15) is 73.2 Å². The van der Waals surface area contributed by atoms with Crippen molar-refractivity contribution in [2.24, 2.45) is 0 Å². The Morgan fingerprint density at radius 1 is 0.837 bits per heavy atom. The number of carbonyl (C=O) groups excluding carboxylic acids is 1. The molecule has 10 heteroatoms. The number of rotatable bonds is 15. The predicted molar refractivity (Wildman–Crippen MR) is 193 cm³/mol. The standard InChI is InChI=1S/C39H40N2O6S2/c42-24-26-13-15-29(16-14-26)34-22-32(25-48-39-41-33-9-4-5-10-35(33)49-39)46-38(47-34)30-19-17-28(18-20-30)31-8-6-7-27(21-31)23-40-36(43)11-2-1-3-12-37(44)45/h4-10,13-21,32,34,38,42H,1-3,11-12,22-25H2,(H,40,43)(H,44,45)/t32-,34+,38+/m0/s1. The summed E-state index contributed by atoms with van der Waals surface area (Å²) in [6.45, 7) is 0.432. The maximum Gasteiger partial charge on any atom is 0.303 e. The normalized spacial score (nSPS) is 17.6. The molecule has 0 radical (unpaired) electrons. The highest BCUT2D eigenvalue weighted by Crippen LogP contribution is 2.40. The first-order chi connectivity index (χ1) is 23.9. The third kappa shape index (κ3) is 9.77. The van der Waals surface area contributed by atoms with E-state index in [1.807, 2.05) is 66.7 Å². The van der Waals surface area contributed by atoms with E-state index < -0.39 is 12.3 Å². The highest BCUT2D eigenvalue weighted by atomic mass is 32.2. The average molecular weight is 697 g/mol. The van der Waals surface area contributed by atoms with Crippen molar-refractivity contribution in [1.29, 1.82) is 0 Å². The molecule has 0 unspecified atom stereocenters. The number of hydrogen-bond acceptors (Lipinski definition) is 8. The SMILES string of the molecule is O=C(O)CCCCCC(=O)NCc1cccc(-c2ccc([C@@H]3O[C@H](CSc4nc5ccccc5s4)C[C@H](c4ccc(CO)cc4)O3)cc2)c1. The topological polar surface area (TPSA) is 118 Å². The summed E-state index contributed by atoms with van der Waals surface area (Å²) in [4.78, 5) is 27.8. The number of nitrogens with zero attached hydrogens (tertiary/aromatic N) is 1. The van der Waals surface area contributed by atoms with E-state index in [9.17, 15) is 14.7 Å². The smallest absolute Gasteiger partial charge is 0.303 e. The lowest BCUT2D eigenvalue weighted by Crippen LogP contribution is -2.31. The molecule has 1 aliphatic heterocycles. The Morgan fingerprint density at radius 2 is 1.61 bits per heavy atom. The van der Waals surface area contributed by atoms with Crippen LogP contribution in [0.3, 0.4) is 0 Å². The third-order valence-electron chi connectivity index (χ3n) is 8.51. The molecule has 0 aliphatic carbocycles. The molecule has 3 N–H and O–H groups in total. The first-order valence-electron chi connectivity index (χ1n) is 16.6. The monoisotopic (exact) mass is 696 g/mol. The van der Waals surface area contributed by atoms with Gasteiger partial charge >= 0.3 is 5.97 Å². The molecule has 4 aromatic carbocycles. The quantitative estimate of drug-likeness (QED) is 0.0738. The summed E-state index contributed by atoms with van der Waals surface area (Å²) >= 11 is 3.41.